The van der Waals surface area contributed by atoms with E-state index < -0.39 is 0 Å². The summed E-state index contributed by atoms with van der Waals surface area (Å²) in [6.45, 7) is 5.51. The quantitative estimate of drug-likeness (QED) is 0.840. The Hall–Kier alpha value is -1.88. The summed E-state index contributed by atoms with van der Waals surface area (Å²) in [6.07, 6.45) is 0.812. The molecule has 1 unspecified atom stereocenters. The summed E-state index contributed by atoms with van der Waals surface area (Å²) >= 11 is 0. The van der Waals surface area contributed by atoms with Crippen LogP contribution >= 0.6 is 0 Å². The van der Waals surface area contributed by atoms with Crippen molar-refractivity contribution < 1.29 is 14.3 Å². The smallest absolute Gasteiger partial charge is 0.245 e. The minimum atomic E-state index is -0.326. The van der Waals surface area contributed by atoms with Crippen molar-refractivity contribution in [3.05, 3.63) is 29.8 Å². The van der Waals surface area contributed by atoms with Crippen molar-refractivity contribution in [2.75, 3.05) is 24.7 Å². The van der Waals surface area contributed by atoms with Crippen LogP contribution in [0.1, 0.15) is 24.2 Å². The molecule has 0 aliphatic carbocycles. The number of carbonyl (C=O) groups is 2. The topological polar surface area (TPSA) is 58.6 Å². The molecule has 2 rings (SSSR count). The standard InChI is InChI=1S/C15H20N2O3/c1-11(2)16-15(19)14-10-20-8-7-17(14)13-5-3-12(9-18)4-6-13/h3-6,9,11,14H,7-8,10H2,1-2H3,(H,16,19). The molecule has 1 aromatic carbocycles. The van der Waals surface area contributed by atoms with Crippen LogP contribution in [0, 0.1) is 0 Å². The summed E-state index contributed by atoms with van der Waals surface area (Å²) in [4.78, 5) is 24.9. The summed E-state index contributed by atoms with van der Waals surface area (Å²) in [5.74, 6) is -0.0286. The molecule has 1 fully saturated rings. The fraction of sp³-hybridized carbons (Fsp3) is 0.467. The fourth-order valence-electron chi connectivity index (χ4n) is 2.26. The lowest BCUT2D eigenvalue weighted by molar-refractivity contribution is -0.125. The summed E-state index contributed by atoms with van der Waals surface area (Å²) in [5, 5.41) is 2.92. The molecule has 1 heterocycles. The summed E-state index contributed by atoms with van der Waals surface area (Å²) in [7, 11) is 0. The van der Waals surface area contributed by atoms with Gasteiger partial charge in [-0.15, -0.1) is 0 Å². The molecule has 0 aromatic heterocycles. The highest BCUT2D eigenvalue weighted by molar-refractivity contribution is 5.86. The summed E-state index contributed by atoms with van der Waals surface area (Å²) < 4.78 is 5.42. The van der Waals surface area contributed by atoms with Crippen LogP contribution in [-0.2, 0) is 9.53 Å². The van der Waals surface area contributed by atoms with Crippen LogP contribution in [0.2, 0.25) is 0 Å². The van der Waals surface area contributed by atoms with E-state index in [9.17, 15) is 9.59 Å². The maximum Gasteiger partial charge on any atom is 0.245 e. The van der Waals surface area contributed by atoms with E-state index >= 15 is 0 Å². The molecule has 0 radical (unpaired) electrons. The third kappa shape index (κ3) is 3.36. The van der Waals surface area contributed by atoms with Crippen molar-refractivity contribution in [2.24, 2.45) is 0 Å². The van der Waals surface area contributed by atoms with Gasteiger partial charge in [-0.05, 0) is 38.1 Å². The van der Waals surface area contributed by atoms with Gasteiger partial charge in [-0.25, -0.2) is 0 Å². The Balaban J connectivity index is 2.17. The molecule has 108 valence electrons. The number of carbonyl (C=O) groups excluding carboxylic acids is 2. The summed E-state index contributed by atoms with van der Waals surface area (Å²) in [5.41, 5.74) is 1.56. The Kier molecular flexibility index (Phi) is 4.74. The molecule has 1 aromatic rings. The maximum absolute atomic E-state index is 12.2. The second-order valence-electron chi connectivity index (χ2n) is 5.16. The molecule has 1 aliphatic rings. The molecule has 1 N–H and O–H groups in total. The van der Waals surface area contributed by atoms with Gasteiger partial charge in [-0.1, -0.05) is 0 Å². The van der Waals surface area contributed by atoms with Crippen molar-refractivity contribution in [3.8, 4) is 0 Å². The van der Waals surface area contributed by atoms with Gasteiger partial charge in [0, 0.05) is 23.8 Å². The van der Waals surface area contributed by atoms with E-state index in [-0.39, 0.29) is 18.0 Å². The van der Waals surface area contributed by atoms with E-state index in [4.69, 9.17) is 4.74 Å². The van der Waals surface area contributed by atoms with E-state index in [1.807, 2.05) is 30.9 Å². The monoisotopic (exact) mass is 276 g/mol. The van der Waals surface area contributed by atoms with Crippen molar-refractivity contribution in [2.45, 2.75) is 25.9 Å². The molecule has 1 amide bonds. The maximum atomic E-state index is 12.2. The molecular formula is C15H20N2O3. The highest BCUT2D eigenvalue weighted by Gasteiger charge is 2.29. The van der Waals surface area contributed by atoms with Crippen LogP contribution < -0.4 is 10.2 Å². The van der Waals surface area contributed by atoms with Crippen LogP contribution in [0.25, 0.3) is 0 Å². The van der Waals surface area contributed by atoms with Crippen LogP contribution in [0.3, 0.4) is 0 Å². The number of hydrogen-bond acceptors (Lipinski definition) is 4. The molecule has 1 aliphatic heterocycles. The predicted molar refractivity (Wildman–Crippen MR) is 77.1 cm³/mol. The van der Waals surface area contributed by atoms with Crippen LogP contribution in [0.15, 0.2) is 24.3 Å². The number of hydrogen-bond donors (Lipinski definition) is 1. The van der Waals surface area contributed by atoms with E-state index in [0.29, 0.717) is 25.3 Å². The number of benzene rings is 1. The van der Waals surface area contributed by atoms with E-state index in [1.165, 1.54) is 0 Å². The molecule has 5 nitrogen and oxygen atoms in total. The number of amides is 1. The Morgan fingerprint density at radius 1 is 1.40 bits per heavy atom. The van der Waals surface area contributed by atoms with Gasteiger partial charge in [-0.3, -0.25) is 9.59 Å². The lowest BCUT2D eigenvalue weighted by Crippen LogP contribution is -2.55. The van der Waals surface area contributed by atoms with Crippen LogP contribution in [-0.4, -0.2) is 44.0 Å². The van der Waals surface area contributed by atoms with Gasteiger partial charge in [0.1, 0.15) is 12.3 Å². The third-order valence-corrected chi connectivity index (χ3v) is 3.22. The highest BCUT2D eigenvalue weighted by Crippen LogP contribution is 2.20. The third-order valence-electron chi connectivity index (χ3n) is 3.22. The Morgan fingerprint density at radius 3 is 2.70 bits per heavy atom. The van der Waals surface area contributed by atoms with E-state index in [1.54, 1.807) is 12.1 Å². The molecule has 5 heteroatoms. The normalized spacial score (nSPS) is 18.9. The first kappa shape index (κ1) is 14.5. The zero-order valence-corrected chi connectivity index (χ0v) is 11.8. The minimum Gasteiger partial charge on any atom is -0.377 e. The molecular weight excluding hydrogens is 256 g/mol. The summed E-state index contributed by atoms with van der Waals surface area (Å²) in [6, 6.07) is 7.02. The Labute approximate surface area is 118 Å². The first-order chi connectivity index (χ1) is 9.61. The zero-order valence-electron chi connectivity index (χ0n) is 11.8. The lowest BCUT2D eigenvalue weighted by Gasteiger charge is -2.36. The number of anilines is 1. The van der Waals surface area contributed by atoms with Crippen molar-refractivity contribution >= 4 is 17.9 Å². The SMILES string of the molecule is CC(C)NC(=O)C1COCCN1c1ccc(C=O)cc1. The number of morpholine rings is 1. The molecule has 0 spiro atoms. The molecule has 1 saturated heterocycles. The molecule has 0 saturated carbocycles. The van der Waals surface area contributed by atoms with Crippen molar-refractivity contribution in [3.63, 3.8) is 0 Å². The van der Waals surface area contributed by atoms with E-state index in [0.717, 1.165) is 12.0 Å². The van der Waals surface area contributed by atoms with Gasteiger partial charge in [0.05, 0.1) is 13.2 Å². The van der Waals surface area contributed by atoms with Gasteiger partial charge >= 0.3 is 0 Å². The predicted octanol–water partition coefficient (Wildman–Crippen LogP) is 1.23. The minimum absolute atomic E-state index is 0.0286. The van der Waals surface area contributed by atoms with Gasteiger partial charge in [0.2, 0.25) is 5.91 Å². The number of ether oxygens (including phenoxy) is 1. The van der Waals surface area contributed by atoms with Crippen molar-refractivity contribution in [1.82, 2.24) is 5.32 Å². The average Bonchev–Trinajstić information content (AvgIpc) is 2.46. The van der Waals surface area contributed by atoms with Crippen molar-refractivity contribution in [1.29, 1.82) is 0 Å². The van der Waals surface area contributed by atoms with Crippen LogP contribution in [0.4, 0.5) is 5.69 Å². The molecule has 20 heavy (non-hydrogen) atoms. The van der Waals surface area contributed by atoms with Gasteiger partial charge in [-0.2, -0.15) is 0 Å². The zero-order chi connectivity index (χ0) is 14.5. The first-order valence-electron chi connectivity index (χ1n) is 6.82. The second kappa shape index (κ2) is 6.52. The first-order valence-corrected chi connectivity index (χ1v) is 6.82. The molecule has 0 bridgehead atoms. The van der Waals surface area contributed by atoms with Crippen LogP contribution in [0.5, 0.6) is 0 Å². The number of rotatable bonds is 4. The largest absolute Gasteiger partial charge is 0.377 e. The second-order valence-corrected chi connectivity index (χ2v) is 5.16. The Morgan fingerprint density at radius 2 is 2.10 bits per heavy atom. The number of aldehydes is 1. The molecule has 1 atom stereocenters. The van der Waals surface area contributed by atoms with Gasteiger partial charge in [0.25, 0.3) is 0 Å². The highest BCUT2D eigenvalue weighted by atomic mass is 16.5. The fourth-order valence-corrected chi connectivity index (χ4v) is 2.26. The Bertz CT molecular complexity index is 471. The average molecular weight is 276 g/mol. The number of nitrogens with zero attached hydrogens (tertiary/aromatic N) is 1. The van der Waals surface area contributed by atoms with E-state index in [2.05, 4.69) is 5.32 Å². The van der Waals surface area contributed by atoms with Gasteiger partial charge in [0.15, 0.2) is 0 Å². The lowest BCUT2D eigenvalue weighted by atomic mass is 10.1. The number of nitrogens with one attached hydrogen (secondary N) is 1. The van der Waals surface area contributed by atoms with Gasteiger partial charge < -0.3 is 15.0 Å².